The Morgan fingerprint density at radius 2 is 1.94 bits per heavy atom. The van der Waals surface area contributed by atoms with E-state index in [-0.39, 0.29) is 24.3 Å². The highest BCUT2D eigenvalue weighted by molar-refractivity contribution is 7.99. The van der Waals surface area contributed by atoms with Crippen LogP contribution < -0.4 is 21.6 Å². The van der Waals surface area contributed by atoms with Crippen LogP contribution in [-0.4, -0.2) is 74.8 Å². The third kappa shape index (κ3) is 7.51. The largest absolute Gasteiger partial charge is 0.595 e. The van der Waals surface area contributed by atoms with E-state index in [1.807, 2.05) is 0 Å². The van der Waals surface area contributed by atoms with Crippen molar-refractivity contribution in [2.24, 2.45) is 5.73 Å². The van der Waals surface area contributed by atoms with Crippen molar-refractivity contribution in [2.75, 3.05) is 12.3 Å². The van der Waals surface area contributed by atoms with Gasteiger partial charge >= 0.3 is 11.9 Å². The van der Waals surface area contributed by atoms with Gasteiger partial charge in [0.1, 0.15) is 18.6 Å². The van der Waals surface area contributed by atoms with Crippen LogP contribution in [0.4, 0.5) is 5.69 Å². The lowest BCUT2D eigenvalue weighted by atomic mass is 9.93. The molecule has 14 heteroatoms. The molecule has 0 radical (unpaired) electrons. The van der Waals surface area contributed by atoms with E-state index in [9.17, 15) is 34.7 Å². The molecule has 5 unspecified atom stereocenters. The molecule has 186 valence electrons. The number of hydrogen-bond donors (Lipinski definition) is 8. The van der Waals surface area contributed by atoms with Crippen molar-refractivity contribution in [1.82, 2.24) is 10.6 Å². The summed E-state index contributed by atoms with van der Waals surface area (Å²) in [5.41, 5.74) is 6.31. The summed E-state index contributed by atoms with van der Waals surface area (Å²) in [5, 5.41) is 52.0. The summed E-state index contributed by atoms with van der Waals surface area (Å²) >= 11 is 1.02. The van der Waals surface area contributed by atoms with Gasteiger partial charge in [-0.05, 0) is 12.0 Å². The van der Waals surface area contributed by atoms with Crippen LogP contribution in [0.1, 0.15) is 29.2 Å². The first-order chi connectivity index (χ1) is 16.0. The minimum atomic E-state index is -1.30. The predicted molar refractivity (Wildman–Crippen MR) is 120 cm³/mol. The quantitative estimate of drug-likeness (QED) is 0.149. The maximum Gasteiger partial charge on any atom is 0.322 e. The Morgan fingerprint density at radius 1 is 1.24 bits per heavy atom. The summed E-state index contributed by atoms with van der Waals surface area (Å²) in [5.74, 6) is -4.20. The highest BCUT2D eigenvalue weighted by atomic mass is 32.2. The summed E-state index contributed by atoms with van der Waals surface area (Å²) in [6, 6.07) is 2.13. The maximum absolute atomic E-state index is 12.5. The topological polar surface area (TPSA) is 227 Å². The van der Waals surface area contributed by atoms with Gasteiger partial charge in [-0.3, -0.25) is 19.2 Å². The number of nitrogens with one attached hydrogen (secondary N) is 3. The van der Waals surface area contributed by atoms with Gasteiger partial charge < -0.3 is 36.9 Å². The number of hydrogen-bond acceptors (Lipinski definition) is 9. The lowest BCUT2D eigenvalue weighted by molar-refractivity contribution is -0.991. The van der Waals surface area contributed by atoms with Crippen LogP contribution >= 0.6 is 11.8 Å². The summed E-state index contributed by atoms with van der Waals surface area (Å²) in [7, 11) is 0. The third-order valence-corrected chi connectivity index (χ3v) is 6.34. The molecule has 0 aliphatic heterocycles. The lowest BCUT2D eigenvalue weighted by Crippen LogP contribution is -2.99. The smallest absolute Gasteiger partial charge is 0.322 e. The lowest BCUT2D eigenvalue weighted by Gasteiger charge is -2.30. The van der Waals surface area contributed by atoms with E-state index in [2.05, 4.69) is 10.6 Å². The number of quaternary nitrogens is 1. The van der Waals surface area contributed by atoms with Crippen molar-refractivity contribution in [3.8, 4) is 0 Å². The first kappa shape index (κ1) is 27.2. The van der Waals surface area contributed by atoms with Gasteiger partial charge in [0.05, 0.1) is 11.4 Å². The van der Waals surface area contributed by atoms with Crippen molar-refractivity contribution in [2.45, 2.75) is 36.3 Å². The SMILES string of the molecule is NC(CCC(=O)NC(CSC1c2c(cccc2[NH+]([O-])O)C=CC1O)C(=O)NCC(=O)O)C(=O)O. The van der Waals surface area contributed by atoms with Gasteiger partial charge in [-0.25, -0.2) is 5.21 Å². The van der Waals surface area contributed by atoms with Crippen molar-refractivity contribution >= 4 is 47.3 Å². The number of fused-ring (bicyclic) bond motifs is 1. The van der Waals surface area contributed by atoms with Crippen LogP contribution in [0.2, 0.25) is 0 Å². The van der Waals surface area contributed by atoms with Crippen molar-refractivity contribution < 1.29 is 44.9 Å². The number of amides is 2. The Balaban J connectivity index is 2.17. The molecule has 1 aliphatic rings. The maximum atomic E-state index is 12.5. The van der Waals surface area contributed by atoms with Gasteiger partial charge in [-0.2, -0.15) is 5.23 Å². The fourth-order valence-corrected chi connectivity index (χ4v) is 4.59. The molecule has 0 saturated carbocycles. The zero-order chi connectivity index (χ0) is 25.4. The van der Waals surface area contributed by atoms with Crippen LogP contribution in [0.5, 0.6) is 0 Å². The summed E-state index contributed by atoms with van der Waals surface area (Å²) in [6.07, 6.45) is 1.52. The van der Waals surface area contributed by atoms with E-state index in [4.69, 9.17) is 15.9 Å². The molecule has 0 spiro atoms. The zero-order valence-electron chi connectivity index (χ0n) is 17.8. The number of rotatable bonds is 12. The van der Waals surface area contributed by atoms with E-state index in [0.29, 0.717) is 11.1 Å². The number of aliphatic hydroxyl groups excluding tert-OH is 1. The first-order valence-corrected chi connectivity index (χ1v) is 11.2. The second kappa shape index (κ2) is 12.5. The van der Waals surface area contributed by atoms with Crippen LogP contribution in [-0.2, 0) is 19.2 Å². The molecule has 0 saturated heterocycles. The van der Waals surface area contributed by atoms with Crippen LogP contribution in [0.25, 0.3) is 6.08 Å². The molecule has 2 rings (SSSR count). The molecule has 0 fully saturated rings. The number of aliphatic carboxylic acids is 2. The van der Waals surface area contributed by atoms with Crippen LogP contribution in [0.3, 0.4) is 0 Å². The normalized spacial score (nSPS) is 19.4. The van der Waals surface area contributed by atoms with Crippen LogP contribution in [0, 0.1) is 5.21 Å². The first-order valence-electron chi connectivity index (χ1n) is 10.1. The number of aliphatic hydroxyl groups is 1. The number of carboxylic acid groups (broad SMARTS) is 2. The molecule has 2 amide bonds. The number of carboxylic acids is 2. The predicted octanol–water partition coefficient (Wildman–Crippen LogP) is -1.87. The second-order valence-electron chi connectivity index (χ2n) is 7.43. The number of carbonyl (C=O) groups excluding carboxylic acids is 2. The number of carbonyl (C=O) groups is 4. The third-order valence-electron chi connectivity index (χ3n) is 4.95. The molecular formula is C20H26N4O9S. The fraction of sp³-hybridized carbons (Fsp3) is 0.400. The van der Waals surface area contributed by atoms with E-state index >= 15 is 0 Å². The van der Waals surface area contributed by atoms with Crippen LogP contribution in [0.15, 0.2) is 24.3 Å². The minimum Gasteiger partial charge on any atom is -0.595 e. The molecule has 1 aromatic rings. The zero-order valence-corrected chi connectivity index (χ0v) is 18.7. The Hall–Kier alpha value is -3.01. The van der Waals surface area contributed by atoms with Gasteiger partial charge in [0, 0.05) is 23.8 Å². The summed E-state index contributed by atoms with van der Waals surface area (Å²) in [4.78, 5) is 46.4. The van der Waals surface area contributed by atoms with Gasteiger partial charge in [0.2, 0.25) is 11.8 Å². The van der Waals surface area contributed by atoms with E-state index in [1.54, 1.807) is 18.2 Å². The van der Waals surface area contributed by atoms with E-state index in [1.165, 1.54) is 12.1 Å². The Morgan fingerprint density at radius 3 is 2.56 bits per heavy atom. The van der Waals surface area contributed by atoms with Gasteiger partial charge in [0.25, 0.3) is 0 Å². The molecule has 13 nitrogen and oxygen atoms in total. The molecule has 0 aromatic heterocycles. The van der Waals surface area contributed by atoms with Crippen molar-refractivity contribution in [3.63, 3.8) is 0 Å². The molecule has 5 atom stereocenters. The minimum absolute atomic E-state index is 0.0167. The molecular weight excluding hydrogens is 472 g/mol. The highest BCUT2D eigenvalue weighted by Crippen LogP contribution is 2.41. The monoisotopic (exact) mass is 498 g/mol. The molecule has 1 aliphatic carbocycles. The Labute approximate surface area is 198 Å². The second-order valence-corrected chi connectivity index (χ2v) is 8.61. The standard InChI is InChI=1S/C20H26N4O9S/c21-11(20(30)31)5-7-15(26)23-12(19(29)22-8-16(27)28)9-34-18-14(25)6-4-10-2-1-3-13(17(10)18)24(32)33/h1-4,6,11-12,14,18,24-25,32H,5,7-9,21H2,(H,22,29)(H,23,26)(H,27,28)(H,30,31). The van der Waals surface area contributed by atoms with Gasteiger partial charge in [-0.15, -0.1) is 11.8 Å². The molecule has 9 N–H and O–H groups in total. The molecule has 34 heavy (non-hydrogen) atoms. The molecule has 0 bridgehead atoms. The fourth-order valence-electron chi connectivity index (χ4n) is 3.23. The number of nitrogens with two attached hydrogens (primary N) is 1. The molecule has 1 aromatic carbocycles. The summed E-state index contributed by atoms with van der Waals surface area (Å²) in [6.45, 7) is -0.694. The average Bonchev–Trinajstić information content (AvgIpc) is 2.78. The number of thioether (sulfide) groups is 1. The van der Waals surface area contributed by atoms with Gasteiger partial charge in [0.15, 0.2) is 5.69 Å². The Bertz CT molecular complexity index is 956. The van der Waals surface area contributed by atoms with Crippen molar-refractivity contribution in [1.29, 1.82) is 0 Å². The Kier molecular flexibility index (Phi) is 9.97. The van der Waals surface area contributed by atoms with E-state index in [0.717, 1.165) is 11.8 Å². The van der Waals surface area contributed by atoms with E-state index < -0.39 is 59.0 Å². The van der Waals surface area contributed by atoms with Gasteiger partial charge in [-0.1, -0.05) is 24.3 Å². The number of benzene rings is 1. The van der Waals surface area contributed by atoms with Crippen molar-refractivity contribution in [3.05, 3.63) is 40.6 Å². The molecule has 0 heterocycles. The average molecular weight is 499 g/mol. The summed E-state index contributed by atoms with van der Waals surface area (Å²) < 4.78 is 0. The highest BCUT2D eigenvalue weighted by Gasteiger charge is 2.32.